The molecule has 0 bridgehead atoms. The maximum absolute atomic E-state index is 15.2. The van der Waals surface area contributed by atoms with E-state index < -0.39 is 24.1 Å². The fourth-order valence-corrected chi connectivity index (χ4v) is 4.05. The Morgan fingerprint density at radius 1 is 1.20 bits per heavy atom. The van der Waals surface area contributed by atoms with Crippen molar-refractivity contribution in [2.24, 2.45) is 5.92 Å². The van der Waals surface area contributed by atoms with Gasteiger partial charge in [0.25, 0.3) is 0 Å². The Morgan fingerprint density at radius 3 is 2.57 bits per heavy atom. The molecule has 2 fully saturated rings. The van der Waals surface area contributed by atoms with Gasteiger partial charge in [-0.3, -0.25) is 4.79 Å². The fraction of sp³-hybridized carbons (Fsp3) is 0.571. The molecule has 1 saturated carbocycles. The lowest BCUT2D eigenvalue weighted by Gasteiger charge is -2.32. The van der Waals surface area contributed by atoms with Crippen LogP contribution in [0.2, 0.25) is 0 Å². The van der Waals surface area contributed by atoms with Crippen molar-refractivity contribution in [1.82, 2.24) is 15.3 Å². The summed E-state index contributed by atoms with van der Waals surface area (Å²) in [6, 6.07) is 3.54. The van der Waals surface area contributed by atoms with Gasteiger partial charge in [-0.1, -0.05) is 6.07 Å². The van der Waals surface area contributed by atoms with Crippen LogP contribution < -0.4 is 16.1 Å². The third-order valence-electron chi connectivity index (χ3n) is 6.62. The van der Waals surface area contributed by atoms with E-state index in [4.69, 9.17) is 9.31 Å². The number of nitrogens with one attached hydrogen (secondary N) is 2. The minimum Gasteiger partial charge on any atom is -0.399 e. The van der Waals surface area contributed by atoms with Crippen LogP contribution in [0.4, 0.5) is 10.3 Å². The molecule has 1 saturated heterocycles. The van der Waals surface area contributed by atoms with Crippen LogP contribution in [0.15, 0.2) is 18.3 Å². The highest BCUT2D eigenvalue weighted by Crippen LogP contribution is 2.37. The predicted octanol–water partition coefficient (Wildman–Crippen LogP) is 2.39. The van der Waals surface area contributed by atoms with Crippen molar-refractivity contribution >= 4 is 35.3 Å². The van der Waals surface area contributed by atoms with Gasteiger partial charge in [0.15, 0.2) is 0 Å². The normalized spacial score (nSPS) is 24.9. The summed E-state index contributed by atoms with van der Waals surface area (Å²) in [5.41, 5.74) is -0.241. The quantitative estimate of drug-likeness (QED) is 0.748. The highest BCUT2D eigenvalue weighted by molar-refractivity contribution is 6.62. The first-order valence-corrected chi connectivity index (χ1v) is 10.4. The first-order chi connectivity index (χ1) is 14.1. The van der Waals surface area contributed by atoms with E-state index >= 15 is 4.39 Å². The zero-order valence-corrected chi connectivity index (χ0v) is 18.1. The summed E-state index contributed by atoms with van der Waals surface area (Å²) >= 11 is 0. The summed E-state index contributed by atoms with van der Waals surface area (Å²) in [6.07, 6.45) is 3.92. The number of amides is 1. The third kappa shape index (κ3) is 3.65. The highest BCUT2D eigenvalue weighted by Gasteiger charge is 2.52. The second-order valence-electron chi connectivity index (χ2n) is 9.15. The molecule has 0 spiro atoms. The van der Waals surface area contributed by atoms with Gasteiger partial charge in [0.05, 0.1) is 22.1 Å². The summed E-state index contributed by atoms with van der Waals surface area (Å²) in [6.45, 7) is 7.74. The number of anilines is 1. The number of carbonyl (C=O) groups excluding carboxylic acids is 1. The van der Waals surface area contributed by atoms with E-state index in [0.717, 1.165) is 19.3 Å². The first-order valence-electron chi connectivity index (χ1n) is 10.4. The molecule has 1 aliphatic carbocycles. The first kappa shape index (κ1) is 21.0. The topological polar surface area (TPSA) is 85.4 Å². The summed E-state index contributed by atoms with van der Waals surface area (Å²) in [5, 5.41) is 6.30. The number of nitrogens with zero attached hydrogens (tertiary/aromatic N) is 2. The Bertz CT molecular complexity index is 968. The van der Waals surface area contributed by atoms with Gasteiger partial charge in [0, 0.05) is 30.7 Å². The number of rotatable bonds is 4. The van der Waals surface area contributed by atoms with Crippen molar-refractivity contribution in [3.05, 3.63) is 24.1 Å². The average molecular weight is 414 g/mol. The van der Waals surface area contributed by atoms with E-state index in [1.54, 1.807) is 19.2 Å². The molecule has 1 aromatic heterocycles. The van der Waals surface area contributed by atoms with E-state index in [1.807, 2.05) is 27.7 Å². The molecule has 2 aromatic rings. The lowest BCUT2D eigenvalue weighted by atomic mass is 9.78. The Morgan fingerprint density at radius 2 is 1.90 bits per heavy atom. The van der Waals surface area contributed by atoms with Gasteiger partial charge in [-0.25, -0.2) is 14.4 Å². The number of benzene rings is 1. The van der Waals surface area contributed by atoms with Crippen LogP contribution >= 0.6 is 0 Å². The summed E-state index contributed by atoms with van der Waals surface area (Å²) in [5.74, 6) is 0.0786. The van der Waals surface area contributed by atoms with Crippen molar-refractivity contribution in [1.29, 1.82) is 0 Å². The molecule has 0 radical (unpaired) electrons. The predicted molar refractivity (Wildman–Crippen MR) is 114 cm³/mol. The van der Waals surface area contributed by atoms with E-state index in [2.05, 4.69) is 20.6 Å². The number of hydrogen-bond donors (Lipinski definition) is 2. The zero-order chi connectivity index (χ0) is 21.7. The van der Waals surface area contributed by atoms with Gasteiger partial charge in [-0.05, 0) is 53.0 Å². The molecule has 1 aromatic carbocycles. The molecule has 4 rings (SSSR count). The van der Waals surface area contributed by atoms with Crippen molar-refractivity contribution in [2.75, 3.05) is 12.4 Å². The molecule has 30 heavy (non-hydrogen) atoms. The average Bonchev–Trinajstić information content (AvgIpc) is 3.23. The monoisotopic (exact) mass is 414 g/mol. The summed E-state index contributed by atoms with van der Waals surface area (Å²) in [7, 11) is 0.874. The molecule has 1 amide bonds. The standard InChI is InChI=1S/C21H28BFN4O3/c1-20(2)21(3,4)30-22(29-20)15-8-9-16-14(17(15)23)11-25-19(27-16)26-13-7-6-12(10-13)18(28)24-5/h8-9,11-13H,6-7,10H2,1-5H3,(H,24,28)(H,25,26,27)/t12-,13-/m1/s1. The zero-order valence-electron chi connectivity index (χ0n) is 18.1. The minimum atomic E-state index is -0.780. The molecular formula is C21H28BFN4O3. The van der Waals surface area contributed by atoms with Crippen LogP contribution in [0.25, 0.3) is 10.9 Å². The molecule has 0 unspecified atom stereocenters. The number of hydrogen-bond acceptors (Lipinski definition) is 6. The van der Waals surface area contributed by atoms with Gasteiger partial charge in [-0.15, -0.1) is 0 Å². The van der Waals surface area contributed by atoms with Gasteiger partial charge >= 0.3 is 7.12 Å². The van der Waals surface area contributed by atoms with Gasteiger partial charge in [-0.2, -0.15) is 0 Å². The van der Waals surface area contributed by atoms with Crippen LogP contribution in [0, 0.1) is 11.7 Å². The molecule has 160 valence electrons. The van der Waals surface area contributed by atoms with Gasteiger partial charge in [0.1, 0.15) is 5.82 Å². The Balaban J connectivity index is 1.53. The highest BCUT2D eigenvalue weighted by atomic mass is 19.1. The van der Waals surface area contributed by atoms with Crippen molar-refractivity contribution < 1.29 is 18.5 Å². The lowest BCUT2D eigenvalue weighted by Crippen LogP contribution is -2.41. The Labute approximate surface area is 176 Å². The molecule has 9 heteroatoms. The SMILES string of the molecule is CNC(=O)[C@@H]1CC[C@@H](Nc2ncc3c(F)c(B4OC(C)(C)C(C)(C)O4)ccc3n2)C1. The number of halogens is 1. The van der Waals surface area contributed by atoms with Crippen LogP contribution in [-0.4, -0.2) is 47.3 Å². The largest absolute Gasteiger partial charge is 0.497 e. The second kappa shape index (κ2) is 7.46. The van der Waals surface area contributed by atoms with E-state index in [9.17, 15) is 4.79 Å². The van der Waals surface area contributed by atoms with E-state index in [-0.39, 0.29) is 17.9 Å². The number of fused-ring (bicyclic) bond motifs is 1. The number of aromatic nitrogens is 2. The third-order valence-corrected chi connectivity index (χ3v) is 6.62. The second-order valence-corrected chi connectivity index (χ2v) is 9.15. The van der Waals surface area contributed by atoms with Gasteiger partial charge < -0.3 is 19.9 Å². The van der Waals surface area contributed by atoms with E-state index in [0.29, 0.717) is 22.3 Å². The Hall–Kier alpha value is -2.26. The van der Waals surface area contributed by atoms with Crippen LogP contribution in [0.5, 0.6) is 0 Å². The van der Waals surface area contributed by atoms with Crippen LogP contribution in [0.1, 0.15) is 47.0 Å². The summed E-state index contributed by atoms with van der Waals surface area (Å²) < 4.78 is 27.2. The number of carbonyl (C=O) groups is 1. The van der Waals surface area contributed by atoms with Crippen molar-refractivity contribution in [3.63, 3.8) is 0 Å². The van der Waals surface area contributed by atoms with Crippen LogP contribution in [0.3, 0.4) is 0 Å². The molecular weight excluding hydrogens is 386 g/mol. The van der Waals surface area contributed by atoms with Crippen LogP contribution in [-0.2, 0) is 14.1 Å². The minimum absolute atomic E-state index is 0.00729. The smallest absolute Gasteiger partial charge is 0.399 e. The lowest BCUT2D eigenvalue weighted by molar-refractivity contribution is -0.124. The van der Waals surface area contributed by atoms with E-state index in [1.165, 1.54) is 6.20 Å². The van der Waals surface area contributed by atoms with Gasteiger partial charge in [0.2, 0.25) is 11.9 Å². The Kier molecular flexibility index (Phi) is 5.22. The molecule has 2 atom stereocenters. The summed E-state index contributed by atoms with van der Waals surface area (Å²) in [4.78, 5) is 20.6. The molecule has 1 aliphatic heterocycles. The maximum Gasteiger partial charge on any atom is 0.497 e. The molecule has 7 nitrogen and oxygen atoms in total. The molecule has 2 heterocycles. The molecule has 2 aliphatic rings. The fourth-order valence-electron chi connectivity index (χ4n) is 4.05. The van der Waals surface area contributed by atoms with Crippen molar-refractivity contribution in [3.8, 4) is 0 Å². The maximum atomic E-state index is 15.2. The molecule has 2 N–H and O–H groups in total. The van der Waals surface area contributed by atoms with Crippen molar-refractivity contribution in [2.45, 2.75) is 64.2 Å².